The van der Waals surface area contributed by atoms with Gasteiger partial charge in [-0.15, -0.1) is 0 Å². The molecule has 1 saturated heterocycles. The van der Waals surface area contributed by atoms with Crippen LogP contribution in [0.15, 0.2) is 21.5 Å². The minimum atomic E-state index is -3.88. The molecule has 2 atom stereocenters. The highest BCUT2D eigenvalue weighted by Crippen LogP contribution is 2.31. The number of halogens is 2. The Balaban J connectivity index is 2.43. The Morgan fingerprint density at radius 1 is 1.57 bits per heavy atom. The van der Waals surface area contributed by atoms with Crippen molar-refractivity contribution in [1.82, 2.24) is 4.31 Å². The number of anilines is 1. The molecule has 2 unspecified atom stereocenters. The van der Waals surface area contributed by atoms with Gasteiger partial charge in [0, 0.05) is 17.1 Å². The molecule has 1 aromatic rings. The highest BCUT2D eigenvalue weighted by Gasteiger charge is 2.36. The van der Waals surface area contributed by atoms with E-state index in [0.717, 1.165) is 12.1 Å². The maximum absolute atomic E-state index is 13.4. The van der Waals surface area contributed by atoms with Gasteiger partial charge in [0.1, 0.15) is 5.82 Å². The van der Waals surface area contributed by atoms with Crippen molar-refractivity contribution >= 4 is 31.6 Å². The number of hydrogen-bond donors (Lipinski definition) is 2. The Morgan fingerprint density at radius 3 is 2.86 bits per heavy atom. The van der Waals surface area contributed by atoms with Crippen molar-refractivity contribution in [3.05, 3.63) is 22.4 Å². The number of sulfonamides is 1. The van der Waals surface area contributed by atoms with Crippen molar-refractivity contribution in [1.29, 1.82) is 0 Å². The average molecular weight is 383 g/mol. The molecule has 1 heterocycles. The van der Waals surface area contributed by atoms with Gasteiger partial charge < -0.3 is 15.6 Å². The van der Waals surface area contributed by atoms with E-state index >= 15 is 0 Å². The second kappa shape index (κ2) is 6.17. The predicted octanol–water partition coefficient (Wildman–Crippen LogP) is 0.941. The van der Waals surface area contributed by atoms with Gasteiger partial charge in [-0.05, 0) is 35.0 Å². The van der Waals surface area contributed by atoms with Crippen LogP contribution in [0.25, 0.3) is 0 Å². The van der Waals surface area contributed by atoms with Crippen molar-refractivity contribution < 1.29 is 22.7 Å². The smallest absolute Gasteiger partial charge is 0.244 e. The summed E-state index contributed by atoms with van der Waals surface area (Å²) in [6.45, 7) is 1.64. The second-order valence-corrected chi connectivity index (χ2v) is 7.58. The maximum atomic E-state index is 13.4. The number of rotatable bonds is 3. The lowest BCUT2D eigenvalue weighted by Gasteiger charge is -2.36. The number of nitrogens with zero attached hydrogens (tertiary/aromatic N) is 1. The lowest BCUT2D eigenvalue weighted by molar-refractivity contribution is -0.0516. The largest absolute Gasteiger partial charge is 0.396 e. The quantitative estimate of drug-likeness (QED) is 0.758. The number of aliphatic hydroxyl groups is 1. The molecule has 0 aliphatic carbocycles. The molecule has 0 spiro atoms. The monoisotopic (exact) mass is 382 g/mol. The average Bonchev–Trinajstić information content (AvgIpc) is 2.43. The Kier molecular flexibility index (Phi) is 4.89. The van der Waals surface area contributed by atoms with E-state index in [1.54, 1.807) is 6.92 Å². The Bertz CT molecular complexity index is 640. The van der Waals surface area contributed by atoms with E-state index in [4.69, 9.17) is 15.6 Å². The van der Waals surface area contributed by atoms with Crippen LogP contribution in [0.2, 0.25) is 0 Å². The SMILES string of the molecule is CC1COC(CO)CN1S(=O)(=O)c1cc(N)c(F)cc1Br. The van der Waals surface area contributed by atoms with Crippen LogP contribution in [0.5, 0.6) is 0 Å². The van der Waals surface area contributed by atoms with E-state index in [-0.39, 0.29) is 34.8 Å². The number of ether oxygens (including phenoxy) is 1. The minimum Gasteiger partial charge on any atom is -0.396 e. The van der Waals surface area contributed by atoms with E-state index < -0.39 is 28.0 Å². The highest BCUT2D eigenvalue weighted by molar-refractivity contribution is 9.10. The fourth-order valence-corrected chi connectivity index (χ4v) is 4.77. The molecule has 118 valence electrons. The van der Waals surface area contributed by atoms with Crippen LogP contribution in [-0.2, 0) is 14.8 Å². The molecular weight excluding hydrogens is 367 g/mol. The van der Waals surface area contributed by atoms with E-state index in [2.05, 4.69) is 15.9 Å². The maximum Gasteiger partial charge on any atom is 0.244 e. The molecule has 0 saturated carbocycles. The molecule has 0 bridgehead atoms. The summed E-state index contributed by atoms with van der Waals surface area (Å²) in [7, 11) is -3.88. The van der Waals surface area contributed by atoms with Crippen molar-refractivity contribution in [2.45, 2.75) is 24.0 Å². The van der Waals surface area contributed by atoms with E-state index in [1.807, 2.05) is 0 Å². The lowest BCUT2D eigenvalue weighted by Crippen LogP contribution is -2.51. The molecule has 9 heteroatoms. The summed E-state index contributed by atoms with van der Waals surface area (Å²) in [5.74, 6) is -0.691. The van der Waals surface area contributed by atoms with Crippen molar-refractivity contribution in [2.75, 3.05) is 25.5 Å². The molecule has 1 aromatic carbocycles. The number of aliphatic hydroxyl groups excluding tert-OH is 1. The zero-order chi connectivity index (χ0) is 15.8. The first kappa shape index (κ1) is 16.6. The van der Waals surface area contributed by atoms with Gasteiger partial charge in [0.15, 0.2) is 0 Å². The normalized spacial score (nSPS) is 24.2. The highest BCUT2D eigenvalue weighted by atomic mass is 79.9. The number of nitrogen functional groups attached to an aromatic ring is 1. The lowest BCUT2D eigenvalue weighted by atomic mass is 10.2. The third-order valence-corrected chi connectivity index (χ3v) is 6.23. The second-order valence-electron chi connectivity index (χ2n) is 4.87. The first-order valence-electron chi connectivity index (χ1n) is 6.26. The summed E-state index contributed by atoms with van der Waals surface area (Å²) < 4.78 is 45.5. The molecular formula is C12H16BrFN2O4S. The minimum absolute atomic E-state index is 0.0315. The first-order chi connectivity index (χ1) is 9.77. The van der Waals surface area contributed by atoms with Gasteiger partial charge in [-0.25, -0.2) is 12.8 Å². The number of morpholine rings is 1. The zero-order valence-electron chi connectivity index (χ0n) is 11.3. The molecule has 1 aliphatic rings. The first-order valence-corrected chi connectivity index (χ1v) is 8.49. The summed E-state index contributed by atoms with van der Waals surface area (Å²) in [5.41, 5.74) is 5.22. The van der Waals surface area contributed by atoms with Gasteiger partial charge >= 0.3 is 0 Å². The van der Waals surface area contributed by atoms with E-state index in [1.165, 1.54) is 4.31 Å². The van der Waals surface area contributed by atoms with Gasteiger partial charge in [0.25, 0.3) is 0 Å². The van der Waals surface area contributed by atoms with Crippen LogP contribution in [-0.4, -0.2) is 49.7 Å². The Labute approximate surface area is 130 Å². The van der Waals surface area contributed by atoms with Gasteiger partial charge in [-0.2, -0.15) is 4.31 Å². The Morgan fingerprint density at radius 2 is 2.24 bits per heavy atom. The fourth-order valence-electron chi connectivity index (χ4n) is 2.11. The topological polar surface area (TPSA) is 92.9 Å². The van der Waals surface area contributed by atoms with Crippen LogP contribution >= 0.6 is 15.9 Å². The molecule has 0 aromatic heterocycles. The van der Waals surface area contributed by atoms with Gasteiger partial charge in [0.2, 0.25) is 10.0 Å². The van der Waals surface area contributed by atoms with Crippen molar-refractivity contribution in [2.24, 2.45) is 0 Å². The van der Waals surface area contributed by atoms with E-state index in [9.17, 15) is 12.8 Å². The molecule has 1 fully saturated rings. The predicted molar refractivity (Wildman–Crippen MR) is 78.7 cm³/mol. The molecule has 1 aliphatic heterocycles. The summed E-state index contributed by atoms with van der Waals surface area (Å²) in [4.78, 5) is -0.105. The molecule has 21 heavy (non-hydrogen) atoms. The molecule has 2 rings (SSSR count). The van der Waals surface area contributed by atoms with Crippen LogP contribution in [0.4, 0.5) is 10.1 Å². The van der Waals surface area contributed by atoms with Crippen LogP contribution < -0.4 is 5.73 Å². The van der Waals surface area contributed by atoms with Crippen molar-refractivity contribution in [3.63, 3.8) is 0 Å². The summed E-state index contributed by atoms with van der Waals surface area (Å²) in [5, 5.41) is 9.14. The van der Waals surface area contributed by atoms with Gasteiger partial charge in [-0.3, -0.25) is 0 Å². The van der Waals surface area contributed by atoms with Crippen LogP contribution in [0.1, 0.15) is 6.92 Å². The molecule has 0 radical (unpaired) electrons. The third-order valence-electron chi connectivity index (χ3n) is 3.29. The van der Waals surface area contributed by atoms with Gasteiger partial charge in [-0.1, -0.05) is 0 Å². The summed E-state index contributed by atoms with van der Waals surface area (Å²) in [6.07, 6.45) is -0.576. The zero-order valence-corrected chi connectivity index (χ0v) is 13.7. The molecule has 3 N–H and O–H groups in total. The van der Waals surface area contributed by atoms with Gasteiger partial charge in [0.05, 0.1) is 29.9 Å². The standard InChI is InChI=1S/C12H16BrFN2O4S/c1-7-6-20-8(5-17)4-16(7)21(18,19)12-3-11(15)10(14)2-9(12)13/h2-3,7-8,17H,4-6,15H2,1H3. The number of benzene rings is 1. The van der Waals surface area contributed by atoms with Crippen LogP contribution in [0, 0.1) is 5.82 Å². The fraction of sp³-hybridized carbons (Fsp3) is 0.500. The molecule has 6 nitrogen and oxygen atoms in total. The summed E-state index contributed by atoms with van der Waals surface area (Å²) in [6, 6.07) is 1.72. The van der Waals surface area contributed by atoms with Crippen LogP contribution in [0.3, 0.4) is 0 Å². The molecule has 0 amide bonds. The summed E-state index contributed by atoms with van der Waals surface area (Å²) >= 11 is 3.05. The number of nitrogens with two attached hydrogens (primary N) is 1. The Hall–Kier alpha value is -0.740. The van der Waals surface area contributed by atoms with E-state index in [0.29, 0.717) is 0 Å². The number of hydrogen-bond acceptors (Lipinski definition) is 5. The third kappa shape index (κ3) is 3.21. The van der Waals surface area contributed by atoms with Crippen molar-refractivity contribution in [3.8, 4) is 0 Å².